The van der Waals surface area contributed by atoms with Gasteiger partial charge in [0.05, 0.1) is 12.1 Å². The van der Waals surface area contributed by atoms with Crippen LogP contribution in [0.4, 0.5) is 13.2 Å². The molecule has 0 amide bonds. The lowest BCUT2D eigenvalue weighted by Gasteiger charge is -2.24. The van der Waals surface area contributed by atoms with Crippen molar-refractivity contribution in [1.29, 1.82) is 0 Å². The Morgan fingerprint density at radius 3 is 2.85 bits per heavy atom. The van der Waals surface area contributed by atoms with E-state index in [4.69, 9.17) is 4.74 Å². The average Bonchev–Trinajstić information content (AvgIpc) is 2.90. The highest BCUT2D eigenvalue weighted by molar-refractivity contribution is 6.02. The van der Waals surface area contributed by atoms with Crippen molar-refractivity contribution in [3.05, 3.63) is 29.3 Å². The van der Waals surface area contributed by atoms with Crippen LogP contribution in [0.25, 0.3) is 0 Å². The summed E-state index contributed by atoms with van der Waals surface area (Å²) in [4.78, 5) is 0. The van der Waals surface area contributed by atoms with Gasteiger partial charge in [0.25, 0.3) is 5.72 Å². The first-order chi connectivity index (χ1) is 9.28. The highest BCUT2D eigenvalue weighted by Gasteiger charge is 2.57. The molecule has 4 nitrogen and oxygen atoms in total. The van der Waals surface area contributed by atoms with Crippen LogP contribution < -0.4 is 10.2 Å². The number of aliphatic hydroxyl groups is 1. The molecule has 2 atom stereocenters. The van der Waals surface area contributed by atoms with Crippen molar-refractivity contribution in [3.8, 4) is 5.75 Å². The van der Waals surface area contributed by atoms with E-state index in [0.29, 0.717) is 12.0 Å². The second kappa shape index (κ2) is 4.12. The predicted octanol–water partition coefficient (Wildman–Crippen LogP) is 1.96. The third-order valence-electron chi connectivity index (χ3n) is 3.50. The second-order valence-corrected chi connectivity index (χ2v) is 5.16. The fourth-order valence-corrected chi connectivity index (χ4v) is 2.41. The lowest BCUT2D eigenvalue weighted by molar-refractivity contribution is -0.266. The van der Waals surface area contributed by atoms with Gasteiger partial charge in [0.1, 0.15) is 11.9 Å². The van der Waals surface area contributed by atoms with Gasteiger partial charge in [-0.3, -0.25) is 5.43 Å². The molecule has 1 aromatic carbocycles. The molecule has 0 unspecified atom stereocenters. The zero-order valence-corrected chi connectivity index (χ0v) is 10.7. The average molecular weight is 286 g/mol. The Morgan fingerprint density at radius 1 is 1.45 bits per heavy atom. The minimum atomic E-state index is -4.77. The van der Waals surface area contributed by atoms with Crippen molar-refractivity contribution in [3.63, 3.8) is 0 Å². The van der Waals surface area contributed by atoms with Crippen LogP contribution >= 0.6 is 0 Å². The van der Waals surface area contributed by atoms with Crippen molar-refractivity contribution >= 4 is 5.71 Å². The third-order valence-corrected chi connectivity index (χ3v) is 3.50. The van der Waals surface area contributed by atoms with Gasteiger partial charge in [0.15, 0.2) is 0 Å². The molecule has 7 heteroatoms. The minimum Gasteiger partial charge on any atom is -0.490 e. The van der Waals surface area contributed by atoms with Gasteiger partial charge in [0, 0.05) is 6.42 Å². The molecule has 0 aromatic heterocycles. The smallest absolute Gasteiger partial charge is 0.438 e. The number of benzene rings is 1. The van der Waals surface area contributed by atoms with Gasteiger partial charge >= 0.3 is 6.18 Å². The minimum absolute atomic E-state index is 0.0657. The van der Waals surface area contributed by atoms with Crippen molar-refractivity contribution in [2.24, 2.45) is 5.10 Å². The number of alkyl halides is 3. The van der Waals surface area contributed by atoms with E-state index < -0.39 is 18.3 Å². The third kappa shape index (κ3) is 2.02. The van der Waals surface area contributed by atoms with E-state index in [1.807, 2.05) is 6.92 Å². The molecule has 0 radical (unpaired) electrons. The van der Waals surface area contributed by atoms with Crippen LogP contribution in [0.3, 0.4) is 0 Å². The Labute approximate surface area is 113 Å². The SMILES string of the molecule is C[C@H]1Cc2cc(C3=NN[C@@](O)(C(F)(F)F)C3)ccc2O1. The Hall–Kier alpha value is -1.76. The van der Waals surface area contributed by atoms with E-state index in [1.165, 1.54) is 0 Å². The summed E-state index contributed by atoms with van der Waals surface area (Å²) in [6, 6.07) is 5.14. The first-order valence-electron chi connectivity index (χ1n) is 6.21. The Bertz CT molecular complexity index is 585. The van der Waals surface area contributed by atoms with Gasteiger partial charge in [0.2, 0.25) is 0 Å². The molecule has 3 rings (SSSR count). The predicted molar refractivity (Wildman–Crippen MR) is 65.5 cm³/mol. The van der Waals surface area contributed by atoms with Crippen LogP contribution in [0.1, 0.15) is 24.5 Å². The van der Waals surface area contributed by atoms with Crippen molar-refractivity contribution < 1.29 is 23.0 Å². The van der Waals surface area contributed by atoms with Crippen LogP contribution in [0.5, 0.6) is 5.75 Å². The van der Waals surface area contributed by atoms with Crippen molar-refractivity contribution in [2.45, 2.75) is 37.8 Å². The molecule has 0 saturated carbocycles. The highest BCUT2D eigenvalue weighted by Crippen LogP contribution is 2.36. The molecule has 2 heterocycles. The van der Waals surface area contributed by atoms with Crippen LogP contribution in [-0.2, 0) is 6.42 Å². The maximum atomic E-state index is 12.7. The molecule has 108 valence electrons. The lowest BCUT2D eigenvalue weighted by Crippen LogP contribution is -2.52. The fraction of sp³-hybridized carbons (Fsp3) is 0.462. The standard InChI is InChI=1S/C13H13F3N2O2/c1-7-4-9-5-8(2-3-11(9)20-7)10-6-12(19,18-17-10)13(14,15)16/h2-3,5,7,18-19H,4,6H2,1H3/t7-,12-/m0/s1. The number of hydrogen-bond acceptors (Lipinski definition) is 4. The molecule has 0 aliphatic carbocycles. The summed E-state index contributed by atoms with van der Waals surface area (Å²) in [5.74, 6) is 0.749. The summed E-state index contributed by atoms with van der Waals surface area (Å²) in [7, 11) is 0. The van der Waals surface area contributed by atoms with Crippen molar-refractivity contribution in [1.82, 2.24) is 5.43 Å². The van der Waals surface area contributed by atoms with Gasteiger partial charge in [-0.1, -0.05) is 0 Å². The van der Waals surface area contributed by atoms with E-state index >= 15 is 0 Å². The number of halogens is 3. The normalized spacial score (nSPS) is 28.6. The van der Waals surface area contributed by atoms with E-state index in [1.54, 1.807) is 23.6 Å². The molecule has 20 heavy (non-hydrogen) atoms. The molecule has 0 saturated heterocycles. The van der Waals surface area contributed by atoms with Gasteiger partial charge in [-0.05, 0) is 36.2 Å². The first kappa shape index (κ1) is 13.2. The second-order valence-electron chi connectivity index (χ2n) is 5.16. The molecule has 0 fully saturated rings. The number of hydrogen-bond donors (Lipinski definition) is 2. The maximum absolute atomic E-state index is 12.7. The Balaban J connectivity index is 1.85. The molecule has 1 aromatic rings. The summed E-state index contributed by atoms with van der Waals surface area (Å²) >= 11 is 0. The molecule has 2 aliphatic rings. The monoisotopic (exact) mass is 286 g/mol. The lowest BCUT2D eigenvalue weighted by atomic mass is 9.99. The van der Waals surface area contributed by atoms with Gasteiger partial charge in [-0.2, -0.15) is 18.3 Å². The fourth-order valence-electron chi connectivity index (χ4n) is 2.41. The Morgan fingerprint density at radius 2 is 2.20 bits per heavy atom. The van der Waals surface area contributed by atoms with E-state index in [2.05, 4.69) is 5.10 Å². The number of hydrazone groups is 1. The largest absolute Gasteiger partial charge is 0.490 e. The zero-order chi connectivity index (χ0) is 14.5. The van der Waals surface area contributed by atoms with Crippen molar-refractivity contribution in [2.75, 3.05) is 0 Å². The summed E-state index contributed by atoms with van der Waals surface area (Å²) < 4.78 is 43.6. The van der Waals surface area contributed by atoms with Crippen LogP contribution in [0.2, 0.25) is 0 Å². The molecule has 0 spiro atoms. The van der Waals surface area contributed by atoms with Gasteiger partial charge < -0.3 is 9.84 Å². The molecular weight excluding hydrogens is 273 g/mol. The number of rotatable bonds is 1. The molecule has 2 aliphatic heterocycles. The summed E-state index contributed by atoms with van der Waals surface area (Å²) in [5.41, 5.74) is 0.500. The van der Waals surface area contributed by atoms with Gasteiger partial charge in [-0.15, -0.1) is 0 Å². The summed E-state index contributed by atoms with van der Waals surface area (Å²) in [6.07, 6.45) is -4.60. The highest BCUT2D eigenvalue weighted by atomic mass is 19.4. The number of nitrogens with zero attached hydrogens (tertiary/aromatic N) is 1. The van der Waals surface area contributed by atoms with E-state index in [9.17, 15) is 18.3 Å². The topological polar surface area (TPSA) is 53.9 Å². The molecule has 0 bridgehead atoms. The summed E-state index contributed by atoms with van der Waals surface area (Å²) in [6.45, 7) is 1.93. The summed E-state index contributed by atoms with van der Waals surface area (Å²) in [5, 5.41) is 13.1. The molecular formula is C13H13F3N2O2. The van der Waals surface area contributed by atoms with Crippen LogP contribution in [-0.4, -0.2) is 28.8 Å². The number of ether oxygens (including phenoxy) is 1. The Kier molecular flexibility index (Phi) is 2.72. The van der Waals surface area contributed by atoms with Gasteiger partial charge in [-0.25, -0.2) is 0 Å². The van der Waals surface area contributed by atoms with E-state index in [0.717, 1.165) is 11.3 Å². The van der Waals surface area contributed by atoms with Crippen LogP contribution in [0.15, 0.2) is 23.3 Å². The number of nitrogens with one attached hydrogen (secondary N) is 1. The van der Waals surface area contributed by atoms with Crippen LogP contribution in [0, 0.1) is 0 Å². The first-order valence-corrected chi connectivity index (χ1v) is 6.21. The maximum Gasteiger partial charge on any atom is 0.438 e. The quantitative estimate of drug-likeness (QED) is 0.829. The van der Waals surface area contributed by atoms with E-state index in [-0.39, 0.29) is 11.8 Å². The number of fused-ring (bicyclic) bond motifs is 1. The zero-order valence-electron chi connectivity index (χ0n) is 10.7. The molecule has 2 N–H and O–H groups in total.